The van der Waals surface area contributed by atoms with Crippen LogP contribution in [-0.2, 0) is 10.0 Å². The summed E-state index contributed by atoms with van der Waals surface area (Å²) in [6.45, 7) is 5.35. The molecule has 0 radical (unpaired) electrons. The van der Waals surface area contributed by atoms with Gasteiger partial charge in [-0.2, -0.15) is 0 Å². The minimum atomic E-state index is -3.48. The number of para-hydroxylation sites is 1. The summed E-state index contributed by atoms with van der Waals surface area (Å²) in [6, 6.07) is 5.94. The molecular weight excluding hydrogens is 267 g/mol. The molecule has 0 heterocycles. The van der Waals surface area contributed by atoms with Crippen LogP contribution >= 0.6 is 0 Å². The van der Waals surface area contributed by atoms with Crippen LogP contribution in [0.25, 0.3) is 0 Å². The highest BCUT2D eigenvalue weighted by Crippen LogP contribution is 2.21. The van der Waals surface area contributed by atoms with Crippen molar-refractivity contribution >= 4 is 15.7 Å². The first-order chi connectivity index (χ1) is 9.03. The number of nitrogens with one attached hydrogen (secondary N) is 1. The molecule has 1 rings (SSSR count). The summed E-state index contributed by atoms with van der Waals surface area (Å²) in [6.07, 6.45) is 0.515. The third-order valence-electron chi connectivity index (χ3n) is 2.75. The van der Waals surface area contributed by atoms with Gasteiger partial charge in [0.15, 0.2) is 0 Å². The number of nitrogens with zero attached hydrogens (tertiary/aromatic N) is 1. The van der Waals surface area contributed by atoms with Crippen molar-refractivity contribution in [3.8, 4) is 0 Å². The monoisotopic (exact) mass is 288 g/mol. The summed E-state index contributed by atoms with van der Waals surface area (Å²) in [7, 11) is -3.48. The minimum Gasteiger partial charge on any atom is -0.317 e. The van der Waals surface area contributed by atoms with Crippen molar-refractivity contribution < 1.29 is 12.8 Å². The molecule has 0 atom stereocenters. The average Bonchev–Trinajstić information content (AvgIpc) is 2.37. The maximum atomic E-state index is 13.7. The van der Waals surface area contributed by atoms with E-state index in [4.69, 9.17) is 0 Å². The number of hydrogen-bond donors (Lipinski definition) is 1. The molecule has 1 aromatic rings. The fourth-order valence-electron chi connectivity index (χ4n) is 1.84. The molecule has 108 valence electrons. The second-order valence-electron chi connectivity index (χ2n) is 4.14. The summed E-state index contributed by atoms with van der Waals surface area (Å²) in [4.78, 5) is 0. The van der Waals surface area contributed by atoms with Crippen LogP contribution in [0.5, 0.6) is 0 Å². The molecule has 19 heavy (non-hydrogen) atoms. The third-order valence-corrected chi connectivity index (χ3v) is 4.68. The Morgan fingerprint density at radius 3 is 2.53 bits per heavy atom. The average molecular weight is 288 g/mol. The van der Waals surface area contributed by atoms with Crippen molar-refractivity contribution in [2.75, 3.05) is 29.7 Å². The fourth-order valence-corrected chi connectivity index (χ4v) is 3.41. The van der Waals surface area contributed by atoms with E-state index in [9.17, 15) is 12.8 Å². The van der Waals surface area contributed by atoms with Crippen molar-refractivity contribution in [3.05, 3.63) is 30.1 Å². The van der Waals surface area contributed by atoms with Gasteiger partial charge >= 0.3 is 0 Å². The van der Waals surface area contributed by atoms with Crippen molar-refractivity contribution in [3.63, 3.8) is 0 Å². The Balaban J connectivity index is 2.81. The van der Waals surface area contributed by atoms with Gasteiger partial charge in [-0.25, -0.2) is 12.8 Å². The number of halogens is 1. The van der Waals surface area contributed by atoms with Crippen LogP contribution in [-0.4, -0.2) is 33.8 Å². The number of anilines is 1. The molecule has 1 N–H and O–H groups in total. The zero-order valence-corrected chi connectivity index (χ0v) is 12.2. The van der Waals surface area contributed by atoms with Crippen LogP contribution in [0.3, 0.4) is 0 Å². The number of benzene rings is 1. The van der Waals surface area contributed by atoms with Crippen LogP contribution in [0.1, 0.15) is 20.3 Å². The van der Waals surface area contributed by atoms with Gasteiger partial charge in [-0.3, -0.25) is 4.31 Å². The number of sulfonamides is 1. The fraction of sp³-hybridized carbons (Fsp3) is 0.538. The van der Waals surface area contributed by atoms with E-state index in [2.05, 4.69) is 5.32 Å². The van der Waals surface area contributed by atoms with E-state index in [1.165, 1.54) is 12.1 Å². The quantitative estimate of drug-likeness (QED) is 0.744. The first-order valence-electron chi connectivity index (χ1n) is 6.48. The second-order valence-corrected chi connectivity index (χ2v) is 6.15. The highest BCUT2D eigenvalue weighted by atomic mass is 32.2. The summed E-state index contributed by atoms with van der Waals surface area (Å²) < 4.78 is 39.2. The number of rotatable bonds is 8. The van der Waals surface area contributed by atoms with Gasteiger partial charge in [0, 0.05) is 6.54 Å². The maximum Gasteiger partial charge on any atom is 0.235 e. The molecule has 0 aliphatic rings. The predicted molar refractivity (Wildman–Crippen MR) is 76.4 cm³/mol. The molecule has 6 heteroatoms. The van der Waals surface area contributed by atoms with E-state index >= 15 is 0 Å². The zero-order chi connectivity index (χ0) is 14.3. The second kappa shape index (κ2) is 7.45. The molecule has 0 bridgehead atoms. The molecule has 0 aliphatic heterocycles. The van der Waals surface area contributed by atoms with Crippen LogP contribution in [0.15, 0.2) is 24.3 Å². The van der Waals surface area contributed by atoms with E-state index in [0.717, 1.165) is 10.8 Å². The molecule has 0 amide bonds. The Bertz CT molecular complexity index is 491. The molecule has 0 aromatic heterocycles. The van der Waals surface area contributed by atoms with Crippen LogP contribution < -0.4 is 9.62 Å². The molecule has 0 saturated heterocycles. The lowest BCUT2D eigenvalue weighted by Gasteiger charge is -2.23. The van der Waals surface area contributed by atoms with Crippen LogP contribution in [0.2, 0.25) is 0 Å². The van der Waals surface area contributed by atoms with E-state index in [0.29, 0.717) is 13.0 Å². The van der Waals surface area contributed by atoms with Gasteiger partial charge in [-0.1, -0.05) is 19.1 Å². The highest BCUT2D eigenvalue weighted by Gasteiger charge is 2.22. The summed E-state index contributed by atoms with van der Waals surface area (Å²) >= 11 is 0. The van der Waals surface area contributed by atoms with E-state index in [1.807, 2.05) is 6.92 Å². The molecular formula is C13H21FN2O2S. The summed E-state index contributed by atoms with van der Waals surface area (Å²) in [5.41, 5.74) is 0.119. The number of hydrogen-bond acceptors (Lipinski definition) is 3. The molecule has 0 spiro atoms. The lowest BCUT2D eigenvalue weighted by molar-refractivity contribution is 0.581. The first-order valence-corrected chi connectivity index (χ1v) is 8.09. The van der Waals surface area contributed by atoms with E-state index < -0.39 is 15.8 Å². The smallest absolute Gasteiger partial charge is 0.235 e. The van der Waals surface area contributed by atoms with Gasteiger partial charge < -0.3 is 5.32 Å². The van der Waals surface area contributed by atoms with Crippen LogP contribution in [0, 0.1) is 5.82 Å². The lowest BCUT2D eigenvalue weighted by atomic mass is 10.3. The van der Waals surface area contributed by atoms with Gasteiger partial charge in [0.05, 0.1) is 11.4 Å². The molecule has 4 nitrogen and oxygen atoms in total. The molecule has 0 fully saturated rings. The third kappa shape index (κ3) is 4.47. The largest absolute Gasteiger partial charge is 0.317 e. The molecule has 0 aliphatic carbocycles. The highest BCUT2D eigenvalue weighted by molar-refractivity contribution is 7.92. The van der Waals surface area contributed by atoms with Crippen molar-refractivity contribution in [1.29, 1.82) is 0 Å². The summed E-state index contributed by atoms with van der Waals surface area (Å²) in [5, 5.41) is 3.07. The molecule has 0 saturated carbocycles. The minimum absolute atomic E-state index is 0.0160. The summed E-state index contributed by atoms with van der Waals surface area (Å²) in [5.74, 6) is -0.498. The Labute approximate surface area is 114 Å². The zero-order valence-electron chi connectivity index (χ0n) is 11.4. The van der Waals surface area contributed by atoms with Crippen LogP contribution in [0.4, 0.5) is 10.1 Å². The van der Waals surface area contributed by atoms with Gasteiger partial charge in [-0.05, 0) is 38.6 Å². The van der Waals surface area contributed by atoms with E-state index in [-0.39, 0.29) is 18.0 Å². The normalized spacial score (nSPS) is 11.5. The lowest BCUT2D eigenvalue weighted by Crippen LogP contribution is -2.34. The molecule has 1 aromatic carbocycles. The molecule has 0 unspecified atom stereocenters. The van der Waals surface area contributed by atoms with Crippen molar-refractivity contribution in [1.82, 2.24) is 5.32 Å². The Kier molecular flexibility index (Phi) is 6.24. The maximum absolute atomic E-state index is 13.7. The van der Waals surface area contributed by atoms with Gasteiger partial charge in [0.25, 0.3) is 0 Å². The Hall–Kier alpha value is -1.14. The van der Waals surface area contributed by atoms with Gasteiger partial charge in [0.2, 0.25) is 10.0 Å². The van der Waals surface area contributed by atoms with E-state index in [1.54, 1.807) is 19.1 Å². The predicted octanol–water partition coefficient (Wildman–Crippen LogP) is 1.98. The van der Waals surface area contributed by atoms with Crippen molar-refractivity contribution in [2.24, 2.45) is 0 Å². The standard InChI is InChI=1S/C13H21FN2O2S/c1-3-15-10-7-11-19(17,18)16(4-2)13-9-6-5-8-12(13)14/h5-6,8-9,15H,3-4,7,10-11H2,1-2H3. The van der Waals surface area contributed by atoms with Gasteiger partial charge in [-0.15, -0.1) is 0 Å². The SMILES string of the molecule is CCNCCCS(=O)(=O)N(CC)c1ccccc1F. The van der Waals surface area contributed by atoms with Crippen molar-refractivity contribution in [2.45, 2.75) is 20.3 Å². The Morgan fingerprint density at radius 1 is 1.26 bits per heavy atom. The van der Waals surface area contributed by atoms with Gasteiger partial charge in [0.1, 0.15) is 5.82 Å². The Morgan fingerprint density at radius 2 is 1.95 bits per heavy atom. The first kappa shape index (κ1) is 15.9. The topological polar surface area (TPSA) is 49.4 Å².